The fourth-order valence-corrected chi connectivity index (χ4v) is 1.81. The zero-order valence-electron chi connectivity index (χ0n) is 7.73. The highest BCUT2D eigenvalue weighted by atomic mass is 16.3. The molecule has 1 aliphatic heterocycles. The Morgan fingerprint density at radius 2 is 2.43 bits per heavy atom. The lowest BCUT2D eigenvalue weighted by atomic mass is 10.1. The molecule has 0 bridgehead atoms. The minimum Gasteiger partial charge on any atom is -0.395 e. The number of nitrogens with zero attached hydrogens (tertiary/aromatic N) is 1. The molecule has 0 saturated carbocycles. The van der Waals surface area contributed by atoms with E-state index in [2.05, 4.69) is 15.3 Å². The molecule has 1 aromatic rings. The number of aliphatic hydroxyl groups excluding tert-OH is 1. The van der Waals surface area contributed by atoms with Gasteiger partial charge in [0.15, 0.2) is 0 Å². The summed E-state index contributed by atoms with van der Waals surface area (Å²) in [5.74, 6) is 0. The zero-order chi connectivity index (χ0) is 9.97. The smallest absolute Gasteiger partial charge is 0.255 e. The van der Waals surface area contributed by atoms with E-state index in [1.165, 1.54) is 6.33 Å². The van der Waals surface area contributed by atoms with Crippen LogP contribution < -0.4 is 10.9 Å². The Hall–Kier alpha value is -1.20. The van der Waals surface area contributed by atoms with Gasteiger partial charge in [-0.1, -0.05) is 0 Å². The topological polar surface area (TPSA) is 78.0 Å². The van der Waals surface area contributed by atoms with Crippen molar-refractivity contribution < 1.29 is 5.11 Å². The van der Waals surface area contributed by atoms with Gasteiger partial charge in [0.2, 0.25) is 0 Å². The van der Waals surface area contributed by atoms with Crippen molar-refractivity contribution in [2.45, 2.75) is 24.9 Å². The molecule has 0 aliphatic carbocycles. The molecule has 2 heterocycles. The van der Waals surface area contributed by atoms with Crippen LogP contribution in [0.15, 0.2) is 17.3 Å². The van der Waals surface area contributed by atoms with Gasteiger partial charge in [-0.25, -0.2) is 4.98 Å². The summed E-state index contributed by atoms with van der Waals surface area (Å²) in [4.78, 5) is 17.8. The van der Waals surface area contributed by atoms with Crippen molar-refractivity contribution in [1.29, 1.82) is 0 Å². The predicted molar refractivity (Wildman–Crippen MR) is 50.8 cm³/mol. The monoisotopic (exact) mass is 195 g/mol. The van der Waals surface area contributed by atoms with Gasteiger partial charge in [0.05, 0.1) is 18.5 Å². The second kappa shape index (κ2) is 3.89. The molecule has 76 valence electrons. The van der Waals surface area contributed by atoms with Crippen LogP contribution in [0.5, 0.6) is 0 Å². The van der Waals surface area contributed by atoms with E-state index in [1.54, 1.807) is 6.20 Å². The molecule has 14 heavy (non-hydrogen) atoms. The largest absolute Gasteiger partial charge is 0.395 e. The van der Waals surface area contributed by atoms with E-state index in [-0.39, 0.29) is 24.2 Å². The number of aromatic nitrogens is 2. The van der Waals surface area contributed by atoms with Crippen molar-refractivity contribution in [3.05, 3.63) is 28.4 Å². The summed E-state index contributed by atoms with van der Waals surface area (Å²) in [7, 11) is 0. The van der Waals surface area contributed by atoms with Crippen LogP contribution in [-0.2, 0) is 0 Å². The molecule has 2 unspecified atom stereocenters. The van der Waals surface area contributed by atoms with Crippen LogP contribution in [0.4, 0.5) is 0 Å². The Balaban J connectivity index is 2.18. The number of hydrogen-bond donors (Lipinski definition) is 3. The van der Waals surface area contributed by atoms with Crippen molar-refractivity contribution in [2.75, 3.05) is 6.61 Å². The maximum atomic E-state index is 11.4. The van der Waals surface area contributed by atoms with Gasteiger partial charge in [-0.15, -0.1) is 0 Å². The summed E-state index contributed by atoms with van der Waals surface area (Å²) in [6.45, 7) is 0.120. The van der Waals surface area contributed by atoms with Gasteiger partial charge in [-0.3, -0.25) is 4.79 Å². The highest BCUT2D eigenvalue weighted by molar-refractivity contribution is 5.12. The summed E-state index contributed by atoms with van der Waals surface area (Å²) in [5.41, 5.74) is 0.555. The molecule has 1 aliphatic rings. The third-order valence-electron chi connectivity index (χ3n) is 2.58. The van der Waals surface area contributed by atoms with E-state index in [0.29, 0.717) is 5.56 Å². The van der Waals surface area contributed by atoms with Crippen LogP contribution in [0, 0.1) is 0 Å². The number of hydrogen-bond acceptors (Lipinski definition) is 4. The Kier molecular flexibility index (Phi) is 2.60. The van der Waals surface area contributed by atoms with Gasteiger partial charge in [0.1, 0.15) is 0 Å². The first-order valence-electron chi connectivity index (χ1n) is 4.70. The second-order valence-electron chi connectivity index (χ2n) is 3.51. The Labute approximate surface area is 81.2 Å². The first-order chi connectivity index (χ1) is 6.81. The van der Waals surface area contributed by atoms with Crippen LogP contribution in [0.25, 0.3) is 0 Å². The number of H-pyrrole nitrogens is 1. The number of aliphatic hydroxyl groups is 1. The van der Waals surface area contributed by atoms with Crippen LogP contribution in [-0.4, -0.2) is 27.7 Å². The third-order valence-corrected chi connectivity index (χ3v) is 2.58. The lowest BCUT2D eigenvalue weighted by Gasteiger charge is -2.10. The predicted octanol–water partition coefficient (Wildman–Crippen LogP) is -0.445. The van der Waals surface area contributed by atoms with Crippen molar-refractivity contribution >= 4 is 0 Å². The molecule has 5 heteroatoms. The lowest BCUT2D eigenvalue weighted by molar-refractivity contribution is 0.251. The highest BCUT2D eigenvalue weighted by Crippen LogP contribution is 2.23. The second-order valence-corrected chi connectivity index (χ2v) is 3.51. The Bertz CT molecular complexity index is 363. The number of nitrogens with one attached hydrogen (secondary N) is 2. The van der Waals surface area contributed by atoms with Gasteiger partial charge in [-0.05, 0) is 12.8 Å². The fraction of sp³-hybridized carbons (Fsp3) is 0.556. The van der Waals surface area contributed by atoms with Crippen LogP contribution in [0.1, 0.15) is 24.4 Å². The minimum atomic E-state index is -0.101. The van der Waals surface area contributed by atoms with E-state index < -0.39 is 0 Å². The quantitative estimate of drug-likeness (QED) is 0.597. The average molecular weight is 195 g/mol. The summed E-state index contributed by atoms with van der Waals surface area (Å²) >= 11 is 0. The third kappa shape index (κ3) is 1.69. The normalized spacial score (nSPS) is 26.6. The van der Waals surface area contributed by atoms with E-state index in [9.17, 15) is 4.79 Å². The first-order valence-corrected chi connectivity index (χ1v) is 4.70. The van der Waals surface area contributed by atoms with Gasteiger partial charge in [-0.2, -0.15) is 0 Å². The highest BCUT2D eigenvalue weighted by Gasteiger charge is 2.25. The van der Waals surface area contributed by atoms with Gasteiger partial charge >= 0.3 is 0 Å². The molecular formula is C9H13N3O2. The molecule has 1 saturated heterocycles. The fourth-order valence-electron chi connectivity index (χ4n) is 1.81. The zero-order valence-corrected chi connectivity index (χ0v) is 7.73. The van der Waals surface area contributed by atoms with E-state index in [1.807, 2.05) is 0 Å². The van der Waals surface area contributed by atoms with Crippen molar-refractivity contribution in [3.63, 3.8) is 0 Å². The standard InChI is InChI=1S/C9H13N3O2/c13-4-6-1-2-8(12-6)7-3-10-5-11-9(7)14/h3,5-6,8,12-13H,1-2,4H2,(H,10,11,14). The first kappa shape index (κ1) is 9.36. The summed E-state index contributed by atoms with van der Waals surface area (Å²) < 4.78 is 0. The molecule has 2 rings (SSSR count). The summed E-state index contributed by atoms with van der Waals surface area (Å²) in [5, 5.41) is 12.1. The molecule has 0 amide bonds. The maximum absolute atomic E-state index is 11.4. The van der Waals surface area contributed by atoms with Crippen LogP contribution in [0.2, 0.25) is 0 Å². The molecular weight excluding hydrogens is 182 g/mol. The molecule has 2 atom stereocenters. The summed E-state index contributed by atoms with van der Waals surface area (Å²) in [6, 6.07) is 0.143. The van der Waals surface area contributed by atoms with Crippen LogP contribution >= 0.6 is 0 Å². The average Bonchev–Trinajstić information content (AvgIpc) is 2.67. The molecule has 0 aromatic carbocycles. The molecule has 1 aromatic heterocycles. The summed E-state index contributed by atoms with van der Waals surface area (Å²) in [6.07, 6.45) is 4.73. The van der Waals surface area contributed by atoms with E-state index in [4.69, 9.17) is 5.11 Å². The lowest BCUT2D eigenvalue weighted by Crippen LogP contribution is -2.30. The van der Waals surface area contributed by atoms with Gasteiger partial charge in [0.25, 0.3) is 5.56 Å². The SMILES string of the molecule is O=c1[nH]cncc1C1CCC(CO)N1. The minimum absolute atomic E-state index is 0.0320. The van der Waals surface area contributed by atoms with Crippen molar-refractivity contribution in [1.82, 2.24) is 15.3 Å². The van der Waals surface area contributed by atoms with Crippen LogP contribution in [0.3, 0.4) is 0 Å². The Morgan fingerprint density at radius 3 is 3.07 bits per heavy atom. The molecule has 1 fully saturated rings. The van der Waals surface area contributed by atoms with Gasteiger partial charge in [0, 0.05) is 18.3 Å². The van der Waals surface area contributed by atoms with Crippen molar-refractivity contribution in [2.24, 2.45) is 0 Å². The number of aromatic amines is 1. The molecule has 3 N–H and O–H groups in total. The van der Waals surface area contributed by atoms with Gasteiger partial charge < -0.3 is 15.4 Å². The number of rotatable bonds is 2. The van der Waals surface area contributed by atoms with E-state index >= 15 is 0 Å². The molecule has 0 spiro atoms. The van der Waals surface area contributed by atoms with E-state index in [0.717, 1.165) is 12.8 Å². The van der Waals surface area contributed by atoms with Crippen molar-refractivity contribution in [3.8, 4) is 0 Å². The Morgan fingerprint density at radius 1 is 1.57 bits per heavy atom. The molecule has 5 nitrogen and oxygen atoms in total. The molecule has 0 radical (unpaired) electrons. The maximum Gasteiger partial charge on any atom is 0.255 e.